The molecule has 1 unspecified atom stereocenters. The van der Waals surface area contributed by atoms with E-state index in [0.29, 0.717) is 0 Å². The van der Waals surface area contributed by atoms with Gasteiger partial charge in [-0.15, -0.1) is 0 Å². The molecule has 0 aliphatic heterocycles. The van der Waals surface area contributed by atoms with Crippen LogP contribution in [-0.2, 0) is 22.9 Å². The number of sulfonamides is 1. The zero-order valence-corrected chi connectivity index (χ0v) is 11.4. The van der Waals surface area contributed by atoms with Gasteiger partial charge in [0.25, 0.3) is 0 Å². The van der Waals surface area contributed by atoms with Crippen LogP contribution in [0, 0.1) is 6.92 Å². The van der Waals surface area contributed by atoms with E-state index < -0.39 is 10.0 Å². The number of aryl methyl sites for hydroxylation is 2. The smallest absolute Gasteiger partial charge is 0.211 e. The quantitative estimate of drug-likeness (QED) is 0.805. The van der Waals surface area contributed by atoms with Gasteiger partial charge in [-0.3, -0.25) is 0 Å². The summed E-state index contributed by atoms with van der Waals surface area (Å²) in [5.74, 6) is 0. The first kappa shape index (κ1) is 12.6. The van der Waals surface area contributed by atoms with Gasteiger partial charge < -0.3 is 0 Å². The summed E-state index contributed by atoms with van der Waals surface area (Å²) in [6.45, 7) is 2.10. The Kier molecular flexibility index (Phi) is 3.27. The number of rotatable bonds is 2. The summed E-state index contributed by atoms with van der Waals surface area (Å²) in [6, 6.07) is 6.44. The van der Waals surface area contributed by atoms with Crippen molar-refractivity contribution in [1.29, 1.82) is 0 Å². The Morgan fingerprint density at radius 1 is 1.35 bits per heavy atom. The molecular formula is C13H19NO2S. The summed E-state index contributed by atoms with van der Waals surface area (Å²) < 4.78 is 24.6. The molecule has 4 heteroatoms. The van der Waals surface area contributed by atoms with Crippen molar-refractivity contribution >= 4 is 10.0 Å². The molecular weight excluding hydrogens is 234 g/mol. The minimum absolute atomic E-state index is 0.110. The fourth-order valence-corrected chi connectivity index (χ4v) is 3.25. The van der Waals surface area contributed by atoms with Crippen molar-refractivity contribution in [2.75, 3.05) is 13.3 Å². The Hall–Kier alpha value is -0.870. The van der Waals surface area contributed by atoms with E-state index in [4.69, 9.17) is 0 Å². The summed E-state index contributed by atoms with van der Waals surface area (Å²) in [5.41, 5.74) is 3.98. The monoisotopic (exact) mass is 253 g/mol. The molecule has 1 aromatic rings. The largest absolute Gasteiger partial charge is 0.213 e. The van der Waals surface area contributed by atoms with E-state index in [2.05, 4.69) is 25.1 Å². The normalized spacial score (nSPS) is 20.4. The summed E-state index contributed by atoms with van der Waals surface area (Å²) in [7, 11) is -1.40. The van der Waals surface area contributed by atoms with E-state index in [-0.39, 0.29) is 6.04 Å². The van der Waals surface area contributed by atoms with Gasteiger partial charge in [-0.2, -0.15) is 0 Å². The SMILES string of the molecule is Cc1cccc2c1CC(N(C)S(C)(=O)=O)CC2. The van der Waals surface area contributed by atoms with Crippen molar-refractivity contribution in [1.82, 2.24) is 4.31 Å². The average molecular weight is 253 g/mol. The average Bonchev–Trinajstić information content (AvgIpc) is 2.27. The van der Waals surface area contributed by atoms with E-state index in [1.165, 1.54) is 27.3 Å². The van der Waals surface area contributed by atoms with Crippen LogP contribution in [0.2, 0.25) is 0 Å². The zero-order valence-electron chi connectivity index (χ0n) is 10.6. The van der Waals surface area contributed by atoms with Gasteiger partial charge in [0.05, 0.1) is 6.26 Å². The Morgan fingerprint density at radius 3 is 2.71 bits per heavy atom. The second-order valence-electron chi connectivity index (χ2n) is 4.89. The van der Waals surface area contributed by atoms with E-state index in [0.717, 1.165) is 19.3 Å². The highest BCUT2D eigenvalue weighted by molar-refractivity contribution is 7.88. The number of nitrogens with zero attached hydrogens (tertiary/aromatic N) is 1. The predicted octanol–water partition coefficient (Wildman–Crippen LogP) is 1.74. The van der Waals surface area contributed by atoms with Crippen molar-refractivity contribution in [3.63, 3.8) is 0 Å². The highest BCUT2D eigenvalue weighted by atomic mass is 32.2. The van der Waals surface area contributed by atoms with Crippen LogP contribution in [0.15, 0.2) is 18.2 Å². The third kappa shape index (κ3) is 2.53. The van der Waals surface area contributed by atoms with E-state index in [9.17, 15) is 8.42 Å². The maximum absolute atomic E-state index is 11.6. The molecule has 0 saturated carbocycles. The molecule has 3 nitrogen and oxygen atoms in total. The van der Waals surface area contributed by atoms with E-state index in [1.54, 1.807) is 7.05 Å². The molecule has 0 N–H and O–H groups in total. The first-order chi connectivity index (χ1) is 7.89. The summed E-state index contributed by atoms with van der Waals surface area (Å²) >= 11 is 0. The zero-order chi connectivity index (χ0) is 12.6. The lowest BCUT2D eigenvalue weighted by atomic mass is 9.86. The van der Waals surface area contributed by atoms with Crippen molar-refractivity contribution in [2.45, 2.75) is 32.2 Å². The minimum Gasteiger partial charge on any atom is -0.213 e. The van der Waals surface area contributed by atoms with Crippen LogP contribution in [0.4, 0.5) is 0 Å². The fourth-order valence-electron chi connectivity index (χ4n) is 2.53. The molecule has 0 fully saturated rings. The Morgan fingerprint density at radius 2 is 2.06 bits per heavy atom. The second kappa shape index (κ2) is 4.42. The summed E-state index contributed by atoms with van der Waals surface area (Å²) in [6.07, 6.45) is 4.01. The topological polar surface area (TPSA) is 37.4 Å². The van der Waals surface area contributed by atoms with Gasteiger partial charge in [0, 0.05) is 13.1 Å². The summed E-state index contributed by atoms with van der Waals surface area (Å²) in [4.78, 5) is 0. The van der Waals surface area contributed by atoms with Gasteiger partial charge in [0.1, 0.15) is 0 Å². The maximum Gasteiger partial charge on any atom is 0.211 e. The third-order valence-corrected chi connectivity index (χ3v) is 5.08. The Bertz CT molecular complexity index is 522. The number of likely N-dealkylation sites (N-methyl/N-ethyl adjacent to an activating group) is 1. The van der Waals surface area contributed by atoms with Crippen molar-refractivity contribution in [3.8, 4) is 0 Å². The van der Waals surface area contributed by atoms with Crippen molar-refractivity contribution < 1.29 is 8.42 Å². The highest BCUT2D eigenvalue weighted by Crippen LogP contribution is 2.27. The van der Waals surface area contributed by atoms with Crippen LogP contribution in [0.3, 0.4) is 0 Å². The van der Waals surface area contributed by atoms with Crippen LogP contribution in [0.25, 0.3) is 0 Å². The standard InChI is InChI=1S/C13H19NO2S/c1-10-5-4-6-11-7-8-12(9-13(10)11)14(2)17(3,15)16/h4-6,12H,7-9H2,1-3H3. The van der Waals surface area contributed by atoms with Gasteiger partial charge in [-0.1, -0.05) is 18.2 Å². The fraction of sp³-hybridized carbons (Fsp3) is 0.538. The number of fused-ring (bicyclic) bond motifs is 1. The van der Waals surface area contributed by atoms with Crippen molar-refractivity contribution in [3.05, 3.63) is 34.9 Å². The molecule has 1 aliphatic carbocycles. The van der Waals surface area contributed by atoms with Crippen LogP contribution in [0.1, 0.15) is 23.1 Å². The molecule has 2 rings (SSSR count). The van der Waals surface area contributed by atoms with E-state index in [1.807, 2.05) is 0 Å². The van der Waals surface area contributed by atoms with Gasteiger partial charge in [0.2, 0.25) is 10.0 Å². The Labute approximate surface area is 104 Å². The van der Waals surface area contributed by atoms with Crippen LogP contribution in [-0.4, -0.2) is 32.1 Å². The maximum atomic E-state index is 11.6. The minimum atomic E-state index is -3.08. The molecule has 0 amide bonds. The molecule has 1 atom stereocenters. The first-order valence-corrected chi connectivity index (χ1v) is 7.75. The van der Waals surface area contributed by atoms with Crippen LogP contribution >= 0.6 is 0 Å². The van der Waals surface area contributed by atoms with Gasteiger partial charge in [-0.05, 0) is 42.9 Å². The lowest BCUT2D eigenvalue weighted by Crippen LogP contribution is -2.40. The number of hydrogen-bond acceptors (Lipinski definition) is 2. The number of benzene rings is 1. The van der Waals surface area contributed by atoms with E-state index >= 15 is 0 Å². The first-order valence-electron chi connectivity index (χ1n) is 5.90. The molecule has 1 aliphatic rings. The molecule has 0 saturated heterocycles. The van der Waals surface area contributed by atoms with Crippen molar-refractivity contribution in [2.24, 2.45) is 0 Å². The highest BCUT2D eigenvalue weighted by Gasteiger charge is 2.27. The molecule has 0 spiro atoms. The molecule has 0 radical (unpaired) electrons. The second-order valence-corrected chi connectivity index (χ2v) is 6.93. The van der Waals surface area contributed by atoms with Crippen LogP contribution < -0.4 is 0 Å². The Balaban J connectivity index is 2.27. The molecule has 94 valence electrons. The molecule has 0 bridgehead atoms. The molecule has 1 aromatic carbocycles. The van der Waals surface area contributed by atoms with Gasteiger partial charge in [-0.25, -0.2) is 12.7 Å². The summed E-state index contributed by atoms with van der Waals surface area (Å²) in [5, 5.41) is 0. The molecule has 0 heterocycles. The lowest BCUT2D eigenvalue weighted by Gasteiger charge is -2.31. The predicted molar refractivity (Wildman–Crippen MR) is 69.6 cm³/mol. The van der Waals surface area contributed by atoms with Gasteiger partial charge in [0.15, 0.2) is 0 Å². The van der Waals surface area contributed by atoms with Crippen LogP contribution in [0.5, 0.6) is 0 Å². The van der Waals surface area contributed by atoms with Gasteiger partial charge >= 0.3 is 0 Å². The third-order valence-electron chi connectivity index (χ3n) is 3.73. The molecule has 0 aromatic heterocycles. The lowest BCUT2D eigenvalue weighted by molar-refractivity contribution is 0.338. The number of hydrogen-bond donors (Lipinski definition) is 0. The molecule has 17 heavy (non-hydrogen) atoms.